The third-order valence-electron chi connectivity index (χ3n) is 5.33. The largest absolute Gasteiger partial charge is 0.480 e. The van der Waals surface area contributed by atoms with Gasteiger partial charge in [0, 0.05) is 19.5 Å². The van der Waals surface area contributed by atoms with Crippen LogP contribution in [0.1, 0.15) is 58.8 Å². The van der Waals surface area contributed by atoms with Gasteiger partial charge in [0.2, 0.25) is 5.91 Å². The lowest BCUT2D eigenvalue weighted by Gasteiger charge is -2.42. The molecular weight excluding hydrogens is 296 g/mol. The molecule has 2 aliphatic rings. The Bertz CT molecular complexity index is 444. The van der Waals surface area contributed by atoms with Crippen molar-refractivity contribution in [3.8, 4) is 0 Å². The molecule has 6 heteroatoms. The van der Waals surface area contributed by atoms with Gasteiger partial charge < -0.3 is 15.3 Å². The molecule has 1 aliphatic heterocycles. The maximum Gasteiger partial charge on any atom is 0.329 e. The van der Waals surface area contributed by atoms with Crippen LogP contribution in [0.2, 0.25) is 0 Å². The van der Waals surface area contributed by atoms with Crippen LogP contribution in [0.4, 0.5) is 0 Å². The molecule has 2 fully saturated rings. The van der Waals surface area contributed by atoms with E-state index in [4.69, 9.17) is 4.84 Å². The summed E-state index contributed by atoms with van der Waals surface area (Å²) < 4.78 is 0. The summed E-state index contributed by atoms with van der Waals surface area (Å²) in [6.07, 6.45) is 5.11. The SMILES string of the molecule is CON1CCC(CC(=O)NC2(C(=O)O)CCCC(C)(C)C2)CC1. The standard InChI is InChI=1S/C17H30N2O4/c1-16(2)7-4-8-17(12-16,15(21)22)18-14(20)11-13-5-9-19(23-3)10-6-13/h13H,4-12H2,1-3H3,(H,18,20)(H,21,22). The minimum atomic E-state index is -1.09. The van der Waals surface area contributed by atoms with Gasteiger partial charge in [0.1, 0.15) is 5.54 Å². The number of hydrogen-bond donors (Lipinski definition) is 2. The summed E-state index contributed by atoms with van der Waals surface area (Å²) in [6.45, 7) is 5.81. The summed E-state index contributed by atoms with van der Waals surface area (Å²) in [4.78, 5) is 29.5. The number of carboxylic acid groups (broad SMARTS) is 1. The van der Waals surface area contributed by atoms with E-state index >= 15 is 0 Å². The zero-order chi connectivity index (χ0) is 17.1. The van der Waals surface area contributed by atoms with Gasteiger partial charge in [-0.1, -0.05) is 13.8 Å². The lowest BCUT2D eigenvalue weighted by molar-refractivity contribution is -0.153. The third kappa shape index (κ3) is 4.67. The van der Waals surface area contributed by atoms with Gasteiger partial charge >= 0.3 is 5.97 Å². The molecule has 1 atom stereocenters. The lowest BCUT2D eigenvalue weighted by atomic mass is 9.68. The van der Waals surface area contributed by atoms with Crippen molar-refractivity contribution in [2.75, 3.05) is 20.2 Å². The van der Waals surface area contributed by atoms with Crippen molar-refractivity contribution in [3.05, 3.63) is 0 Å². The van der Waals surface area contributed by atoms with Crippen LogP contribution in [0, 0.1) is 11.3 Å². The summed E-state index contributed by atoms with van der Waals surface area (Å²) >= 11 is 0. The summed E-state index contributed by atoms with van der Waals surface area (Å²) in [5.74, 6) is -0.711. The van der Waals surface area contributed by atoms with Gasteiger partial charge in [-0.15, -0.1) is 0 Å². The van der Waals surface area contributed by atoms with E-state index in [1.165, 1.54) is 0 Å². The Labute approximate surface area is 138 Å². The molecule has 23 heavy (non-hydrogen) atoms. The van der Waals surface area contributed by atoms with Crippen LogP contribution in [0.5, 0.6) is 0 Å². The predicted octanol–water partition coefficient (Wildman–Crippen LogP) is 2.19. The molecule has 0 bridgehead atoms. The molecule has 1 saturated heterocycles. The number of hydrogen-bond acceptors (Lipinski definition) is 4. The topological polar surface area (TPSA) is 78.9 Å². The quantitative estimate of drug-likeness (QED) is 0.809. The van der Waals surface area contributed by atoms with Crippen molar-refractivity contribution in [1.82, 2.24) is 10.4 Å². The Morgan fingerprint density at radius 3 is 2.43 bits per heavy atom. The second-order valence-electron chi connectivity index (χ2n) is 7.89. The van der Waals surface area contributed by atoms with Gasteiger partial charge in [-0.3, -0.25) is 4.79 Å². The van der Waals surface area contributed by atoms with Crippen molar-refractivity contribution in [1.29, 1.82) is 0 Å². The first kappa shape index (κ1) is 18.2. The molecule has 6 nitrogen and oxygen atoms in total. The lowest BCUT2D eigenvalue weighted by Crippen LogP contribution is -2.58. The average molecular weight is 326 g/mol. The third-order valence-corrected chi connectivity index (χ3v) is 5.33. The summed E-state index contributed by atoms with van der Waals surface area (Å²) in [5, 5.41) is 14.5. The molecule has 132 valence electrons. The first-order valence-corrected chi connectivity index (χ1v) is 8.60. The van der Waals surface area contributed by atoms with Gasteiger partial charge in [-0.2, -0.15) is 5.06 Å². The maximum absolute atomic E-state index is 12.4. The zero-order valence-corrected chi connectivity index (χ0v) is 14.6. The number of carbonyl (C=O) groups is 2. The van der Waals surface area contributed by atoms with Crippen molar-refractivity contribution in [2.45, 2.75) is 64.3 Å². The van der Waals surface area contributed by atoms with E-state index in [0.29, 0.717) is 25.2 Å². The monoisotopic (exact) mass is 326 g/mol. The second-order valence-corrected chi connectivity index (χ2v) is 7.89. The Morgan fingerprint density at radius 2 is 1.91 bits per heavy atom. The van der Waals surface area contributed by atoms with Gasteiger partial charge in [-0.25, -0.2) is 4.79 Å². The summed E-state index contributed by atoms with van der Waals surface area (Å²) in [5.41, 5.74) is -1.14. The predicted molar refractivity (Wildman–Crippen MR) is 86.7 cm³/mol. The van der Waals surface area contributed by atoms with Crippen molar-refractivity contribution in [3.63, 3.8) is 0 Å². The Kier molecular flexibility index (Phi) is 5.68. The molecule has 2 rings (SSSR count). The molecule has 1 saturated carbocycles. The molecular formula is C17H30N2O4. The highest BCUT2D eigenvalue weighted by atomic mass is 16.7. The zero-order valence-electron chi connectivity index (χ0n) is 14.6. The first-order chi connectivity index (χ1) is 10.8. The fraction of sp³-hybridized carbons (Fsp3) is 0.882. The fourth-order valence-electron chi connectivity index (χ4n) is 4.08. The van der Waals surface area contributed by atoms with Crippen LogP contribution in [0.25, 0.3) is 0 Å². The van der Waals surface area contributed by atoms with Crippen LogP contribution in [0.15, 0.2) is 0 Å². The molecule has 1 heterocycles. The molecule has 1 amide bonds. The number of rotatable bonds is 5. The number of piperidine rings is 1. The first-order valence-electron chi connectivity index (χ1n) is 8.60. The smallest absolute Gasteiger partial charge is 0.329 e. The minimum absolute atomic E-state index is 0.0479. The summed E-state index contributed by atoms with van der Waals surface area (Å²) in [7, 11) is 1.66. The van der Waals surface area contributed by atoms with E-state index in [1.54, 1.807) is 7.11 Å². The number of carbonyl (C=O) groups excluding carboxylic acids is 1. The highest BCUT2D eigenvalue weighted by Crippen LogP contribution is 2.41. The van der Waals surface area contributed by atoms with E-state index in [2.05, 4.69) is 19.2 Å². The van der Waals surface area contributed by atoms with Gasteiger partial charge in [0.25, 0.3) is 0 Å². The number of aliphatic carboxylic acids is 1. The molecule has 2 N–H and O–H groups in total. The van der Waals surface area contributed by atoms with E-state index in [1.807, 2.05) is 5.06 Å². The summed E-state index contributed by atoms with van der Waals surface area (Å²) in [6, 6.07) is 0. The van der Waals surface area contributed by atoms with Crippen LogP contribution in [-0.4, -0.2) is 47.8 Å². The molecule has 1 unspecified atom stereocenters. The Hall–Kier alpha value is -1.14. The van der Waals surface area contributed by atoms with Crippen LogP contribution >= 0.6 is 0 Å². The minimum Gasteiger partial charge on any atom is -0.480 e. The number of hydroxylamine groups is 2. The highest BCUT2D eigenvalue weighted by molar-refractivity contribution is 5.87. The molecule has 1 aliphatic carbocycles. The number of amides is 1. The van der Waals surface area contributed by atoms with Crippen molar-refractivity contribution >= 4 is 11.9 Å². The van der Waals surface area contributed by atoms with Gasteiger partial charge in [-0.05, 0) is 49.9 Å². The maximum atomic E-state index is 12.4. The molecule has 0 aromatic heterocycles. The fourth-order valence-corrected chi connectivity index (χ4v) is 4.08. The average Bonchev–Trinajstić information content (AvgIpc) is 2.46. The van der Waals surface area contributed by atoms with Crippen LogP contribution in [-0.2, 0) is 14.4 Å². The van der Waals surface area contributed by atoms with E-state index in [-0.39, 0.29) is 11.3 Å². The second kappa shape index (κ2) is 7.18. The Morgan fingerprint density at radius 1 is 1.26 bits per heavy atom. The molecule has 0 radical (unpaired) electrons. The normalized spacial score (nSPS) is 29.2. The van der Waals surface area contributed by atoms with Crippen molar-refractivity contribution < 1.29 is 19.5 Å². The molecule has 0 aromatic carbocycles. The van der Waals surface area contributed by atoms with E-state index in [0.717, 1.165) is 38.8 Å². The van der Waals surface area contributed by atoms with E-state index in [9.17, 15) is 14.7 Å². The van der Waals surface area contributed by atoms with Gasteiger partial charge in [0.15, 0.2) is 0 Å². The van der Waals surface area contributed by atoms with E-state index < -0.39 is 11.5 Å². The Balaban J connectivity index is 1.93. The molecule has 0 spiro atoms. The number of carboxylic acids is 1. The molecule has 0 aromatic rings. The van der Waals surface area contributed by atoms with Crippen LogP contribution < -0.4 is 5.32 Å². The van der Waals surface area contributed by atoms with Crippen molar-refractivity contribution in [2.24, 2.45) is 11.3 Å². The van der Waals surface area contributed by atoms with Crippen LogP contribution in [0.3, 0.4) is 0 Å². The number of nitrogens with one attached hydrogen (secondary N) is 1. The highest BCUT2D eigenvalue weighted by Gasteiger charge is 2.47. The van der Waals surface area contributed by atoms with Gasteiger partial charge in [0.05, 0.1) is 7.11 Å². The number of nitrogens with zero attached hydrogens (tertiary/aromatic N) is 1.